The molecule has 134 valence electrons. The molecule has 3 rings (SSSR count). The van der Waals surface area contributed by atoms with Crippen LogP contribution in [0.3, 0.4) is 0 Å². The number of anilines is 1. The molecule has 1 aromatic heterocycles. The van der Waals surface area contributed by atoms with Crippen molar-refractivity contribution in [3.05, 3.63) is 57.4 Å². The predicted molar refractivity (Wildman–Crippen MR) is 102 cm³/mol. The first kappa shape index (κ1) is 17.9. The van der Waals surface area contributed by atoms with Gasteiger partial charge in [0.1, 0.15) is 12.2 Å². The third-order valence-corrected chi connectivity index (χ3v) is 5.08. The summed E-state index contributed by atoms with van der Waals surface area (Å²) in [5.41, 5.74) is 2.89. The van der Waals surface area contributed by atoms with Gasteiger partial charge >= 0.3 is 6.03 Å². The van der Waals surface area contributed by atoms with Crippen LogP contribution in [-0.2, 0) is 16.0 Å². The van der Waals surface area contributed by atoms with E-state index in [1.165, 1.54) is 11.3 Å². The van der Waals surface area contributed by atoms with Crippen LogP contribution in [0.4, 0.5) is 10.5 Å². The summed E-state index contributed by atoms with van der Waals surface area (Å²) in [5.74, 6) is -0.912. The molecule has 1 aliphatic rings. The van der Waals surface area contributed by atoms with Crippen molar-refractivity contribution in [1.82, 2.24) is 10.2 Å². The average Bonchev–Trinajstić information content (AvgIpc) is 3.14. The summed E-state index contributed by atoms with van der Waals surface area (Å²) in [5, 5.41) is 7.22. The normalized spacial score (nSPS) is 15.5. The number of para-hydroxylation sites is 1. The van der Waals surface area contributed by atoms with Crippen LogP contribution in [0.25, 0.3) is 6.08 Å². The number of rotatable bonds is 5. The summed E-state index contributed by atoms with van der Waals surface area (Å²) in [6, 6.07) is 8.80. The van der Waals surface area contributed by atoms with Gasteiger partial charge in [0.25, 0.3) is 5.91 Å². The lowest BCUT2D eigenvalue weighted by molar-refractivity contribution is -0.127. The standard InChI is InChI=1S/C19H19N3O3S/c1-3-13-6-4-5-7-14(13)20-17(23)11-22-18(24)15(21-19(22)25)10-16-12(2)8-9-26-16/h4-10H,3,11H2,1-2H3,(H,20,23)(H,21,25)/b15-10+. The number of urea groups is 1. The molecule has 1 fully saturated rings. The quantitative estimate of drug-likeness (QED) is 0.628. The second-order valence-corrected chi connectivity index (χ2v) is 6.85. The van der Waals surface area contributed by atoms with Crippen LogP contribution in [0.1, 0.15) is 22.9 Å². The maximum atomic E-state index is 12.5. The van der Waals surface area contributed by atoms with Gasteiger partial charge in [0, 0.05) is 10.6 Å². The summed E-state index contributed by atoms with van der Waals surface area (Å²) >= 11 is 1.48. The van der Waals surface area contributed by atoms with Gasteiger partial charge in [0.15, 0.2) is 0 Å². The van der Waals surface area contributed by atoms with Crippen molar-refractivity contribution < 1.29 is 14.4 Å². The summed E-state index contributed by atoms with van der Waals surface area (Å²) in [4.78, 5) is 38.7. The molecule has 1 saturated heterocycles. The number of nitrogens with one attached hydrogen (secondary N) is 2. The molecule has 26 heavy (non-hydrogen) atoms. The predicted octanol–water partition coefficient (Wildman–Crippen LogP) is 3.15. The summed E-state index contributed by atoms with van der Waals surface area (Å²) in [6.45, 7) is 3.59. The molecular formula is C19H19N3O3S. The van der Waals surface area contributed by atoms with Gasteiger partial charge in [0.05, 0.1) is 0 Å². The van der Waals surface area contributed by atoms with Crippen LogP contribution >= 0.6 is 11.3 Å². The van der Waals surface area contributed by atoms with E-state index in [2.05, 4.69) is 10.6 Å². The van der Waals surface area contributed by atoms with Crippen molar-refractivity contribution in [2.24, 2.45) is 0 Å². The molecule has 2 aromatic rings. The smallest absolute Gasteiger partial charge is 0.324 e. The number of carbonyl (C=O) groups excluding carboxylic acids is 3. The lowest BCUT2D eigenvalue weighted by Gasteiger charge is -2.13. The van der Waals surface area contributed by atoms with Gasteiger partial charge in [-0.2, -0.15) is 0 Å². The Labute approximate surface area is 155 Å². The van der Waals surface area contributed by atoms with Crippen molar-refractivity contribution in [1.29, 1.82) is 0 Å². The largest absolute Gasteiger partial charge is 0.329 e. The molecule has 4 amide bonds. The number of thiophene rings is 1. The van der Waals surface area contributed by atoms with Crippen molar-refractivity contribution in [2.45, 2.75) is 20.3 Å². The third-order valence-electron chi connectivity index (χ3n) is 4.11. The zero-order valence-corrected chi connectivity index (χ0v) is 15.4. The fourth-order valence-electron chi connectivity index (χ4n) is 2.66. The Bertz CT molecular complexity index is 901. The fraction of sp³-hybridized carbons (Fsp3) is 0.211. The van der Waals surface area contributed by atoms with E-state index in [-0.39, 0.29) is 12.2 Å². The molecule has 7 heteroatoms. The monoisotopic (exact) mass is 369 g/mol. The highest BCUT2D eigenvalue weighted by Crippen LogP contribution is 2.21. The molecule has 6 nitrogen and oxygen atoms in total. The van der Waals surface area contributed by atoms with E-state index >= 15 is 0 Å². The Morgan fingerprint density at radius 2 is 2.04 bits per heavy atom. The Hall–Kier alpha value is -2.93. The van der Waals surface area contributed by atoms with E-state index in [1.807, 2.05) is 43.5 Å². The van der Waals surface area contributed by atoms with Crippen LogP contribution in [0.2, 0.25) is 0 Å². The van der Waals surface area contributed by atoms with E-state index in [0.717, 1.165) is 27.3 Å². The highest BCUT2D eigenvalue weighted by Gasteiger charge is 2.35. The van der Waals surface area contributed by atoms with Crippen LogP contribution in [-0.4, -0.2) is 29.3 Å². The molecule has 0 spiro atoms. The summed E-state index contributed by atoms with van der Waals surface area (Å²) in [6.07, 6.45) is 2.41. The molecule has 0 unspecified atom stereocenters. The topological polar surface area (TPSA) is 78.5 Å². The van der Waals surface area contributed by atoms with Crippen molar-refractivity contribution >= 4 is 40.9 Å². The maximum Gasteiger partial charge on any atom is 0.329 e. The Morgan fingerprint density at radius 1 is 1.27 bits per heavy atom. The van der Waals surface area contributed by atoms with Gasteiger partial charge in [-0.05, 0) is 48.1 Å². The molecule has 0 saturated carbocycles. The molecule has 2 N–H and O–H groups in total. The molecule has 0 aliphatic carbocycles. The van der Waals surface area contributed by atoms with Crippen molar-refractivity contribution in [2.75, 3.05) is 11.9 Å². The third kappa shape index (κ3) is 3.67. The van der Waals surface area contributed by atoms with Gasteiger partial charge in [0.2, 0.25) is 5.91 Å². The summed E-state index contributed by atoms with van der Waals surface area (Å²) < 4.78 is 0. The van der Waals surface area contributed by atoms with Crippen molar-refractivity contribution in [3.8, 4) is 0 Å². The van der Waals surface area contributed by atoms with E-state index in [9.17, 15) is 14.4 Å². The van der Waals surface area contributed by atoms with E-state index in [0.29, 0.717) is 5.69 Å². The second kappa shape index (κ2) is 7.53. The number of amides is 4. The van der Waals surface area contributed by atoms with Gasteiger partial charge in [-0.15, -0.1) is 11.3 Å². The molecule has 0 bridgehead atoms. The highest BCUT2D eigenvalue weighted by atomic mass is 32.1. The number of benzene rings is 1. The number of imide groups is 1. The first-order chi connectivity index (χ1) is 12.5. The highest BCUT2D eigenvalue weighted by molar-refractivity contribution is 7.11. The van der Waals surface area contributed by atoms with E-state index in [4.69, 9.17) is 0 Å². The van der Waals surface area contributed by atoms with E-state index in [1.54, 1.807) is 12.1 Å². The minimum atomic E-state index is -0.589. The zero-order valence-electron chi connectivity index (χ0n) is 14.5. The number of hydrogen-bond donors (Lipinski definition) is 2. The minimum absolute atomic E-state index is 0.183. The maximum absolute atomic E-state index is 12.5. The number of hydrogen-bond acceptors (Lipinski definition) is 4. The molecule has 1 aliphatic heterocycles. The molecule has 2 heterocycles. The Balaban J connectivity index is 1.71. The average molecular weight is 369 g/mol. The van der Waals surface area contributed by atoms with Crippen LogP contribution < -0.4 is 10.6 Å². The fourth-order valence-corrected chi connectivity index (χ4v) is 3.52. The van der Waals surface area contributed by atoms with Crippen LogP contribution in [0.5, 0.6) is 0 Å². The van der Waals surface area contributed by atoms with Gasteiger partial charge in [-0.25, -0.2) is 9.69 Å². The molecule has 0 atom stereocenters. The lowest BCUT2D eigenvalue weighted by Crippen LogP contribution is -2.38. The zero-order chi connectivity index (χ0) is 18.7. The number of aryl methyl sites for hydroxylation is 2. The second-order valence-electron chi connectivity index (χ2n) is 5.91. The first-order valence-corrected chi connectivity index (χ1v) is 9.14. The molecule has 1 aromatic carbocycles. The lowest BCUT2D eigenvalue weighted by atomic mass is 10.1. The van der Waals surface area contributed by atoms with Gasteiger partial charge < -0.3 is 10.6 Å². The van der Waals surface area contributed by atoms with Gasteiger partial charge in [-0.1, -0.05) is 25.1 Å². The first-order valence-electron chi connectivity index (χ1n) is 8.26. The summed E-state index contributed by atoms with van der Waals surface area (Å²) in [7, 11) is 0. The Morgan fingerprint density at radius 3 is 2.73 bits per heavy atom. The van der Waals surface area contributed by atoms with Crippen LogP contribution in [0, 0.1) is 6.92 Å². The number of nitrogens with zero attached hydrogens (tertiary/aromatic N) is 1. The van der Waals surface area contributed by atoms with Crippen LogP contribution in [0.15, 0.2) is 41.4 Å². The Kier molecular flexibility index (Phi) is 5.18. The minimum Gasteiger partial charge on any atom is -0.324 e. The number of carbonyl (C=O) groups is 3. The van der Waals surface area contributed by atoms with Gasteiger partial charge in [-0.3, -0.25) is 9.59 Å². The molecule has 0 radical (unpaired) electrons. The van der Waals surface area contributed by atoms with Crippen molar-refractivity contribution in [3.63, 3.8) is 0 Å². The SMILES string of the molecule is CCc1ccccc1NC(=O)CN1C(=O)N/C(=C/c2sccc2C)C1=O. The molecular weight excluding hydrogens is 350 g/mol. The van der Waals surface area contributed by atoms with E-state index < -0.39 is 17.8 Å².